The third kappa shape index (κ3) is 5.30. The van der Waals surface area contributed by atoms with Gasteiger partial charge in [0, 0.05) is 13.0 Å². The average molecular weight is 327 g/mol. The molecule has 24 heavy (non-hydrogen) atoms. The van der Waals surface area contributed by atoms with Crippen molar-refractivity contribution in [3.63, 3.8) is 0 Å². The number of hydrogen-bond donors (Lipinski definition) is 1. The van der Waals surface area contributed by atoms with Gasteiger partial charge in [-0.2, -0.15) is 0 Å². The van der Waals surface area contributed by atoms with Gasteiger partial charge in [-0.3, -0.25) is 4.79 Å². The highest BCUT2D eigenvalue weighted by molar-refractivity contribution is 5.75. The van der Waals surface area contributed by atoms with Crippen LogP contribution in [0, 0.1) is 6.92 Å². The van der Waals surface area contributed by atoms with Crippen molar-refractivity contribution in [3.8, 4) is 11.5 Å². The lowest BCUT2D eigenvalue weighted by atomic mass is 10.1. The fraction of sp³-hybridized carbons (Fsp3) is 0.350. The topological polar surface area (TPSA) is 47.6 Å². The number of aryl methyl sites for hydroxylation is 2. The SMILES string of the molecule is COc1ccc(CNC(=O)CCCc2ccc(C)cc2)cc1OC. The van der Waals surface area contributed by atoms with Crippen molar-refractivity contribution < 1.29 is 14.3 Å². The van der Waals surface area contributed by atoms with Gasteiger partial charge in [0.2, 0.25) is 5.91 Å². The quantitative estimate of drug-likeness (QED) is 0.805. The highest BCUT2D eigenvalue weighted by Crippen LogP contribution is 2.27. The first-order valence-electron chi connectivity index (χ1n) is 8.15. The summed E-state index contributed by atoms with van der Waals surface area (Å²) in [5.74, 6) is 1.42. The molecule has 4 nitrogen and oxygen atoms in total. The molecular weight excluding hydrogens is 302 g/mol. The minimum atomic E-state index is 0.0666. The molecule has 0 aliphatic heterocycles. The van der Waals surface area contributed by atoms with Gasteiger partial charge in [-0.1, -0.05) is 35.9 Å². The molecule has 0 saturated heterocycles. The predicted molar refractivity (Wildman–Crippen MR) is 95.5 cm³/mol. The van der Waals surface area contributed by atoms with Gasteiger partial charge in [0.25, 0.3) is 0 Å². The van der Waals surface area contributed by atoms with Crippen molar-refractivity contribution in [2.75, 3.05) is 14.2 Å². The molecule has 0 aliphatic carbocycles. The van der Waals surface area contributed by atoms with Crippen LogP contribution in [-0.2, 0) is 17.8 Å². The molecule has 0 atom stereocenters. The van der Waals surface area contributed by atoms with Crippen LogP contribution in [0.1, 0.15) is 29.5 Å². The molecule has 0 saturated carbocycles. The van der Waals surface area contributed by atoms with Crippen LogP contribution < -0.4 is 14.8 Å². The molecule has 0 radical (unpaired) electrons. The Balaban J connectivity index is 1.75. The molecule has 0 fully saturated rings. The smallest absolute Gasteiger partial charge is 0.220 e. The van der Waals surface area contributed by atoms with E-state index in [1.165, 1.54) is 11.1 Å². The summed E-state index contributed by atoms with van der Waals surface area (Å²) in [6, 6.07) is 14.1. The molecule has 2 aromatic rings. The minimum Gasteiger partial charge on any atom is -0.493 e. The number of ether oxygens (including phenoxy) is 2. The summed E-state index contributed by atoms with van der Waals surface area (Å²) in [6.45, 7) is 2.56. The van der Waals surface area contributed by atoms with E-state index in [9.17, 15) is 4.79 Å². The number of rotatable bonds is 8. The maximum absolute atomic E-state index is 12.0. The van der Waals surface area contributed by atoms with E-state index in [2.05, 4.69) is 36.5 Å². The normalized spacial score (nSPS) is 10.3. The molecule has 1 amide bonds. The van der Waals surface area contributed by atoms with Crippen LogP contribution in [0.25, 0.3) is 0 Å². The summed E-state index contributed by atoms with van der Waals surface area (Å²) in [6.07, 6.45) is 2.30. The summed E-state index contributed by atoms with van der Waals surface area (Å²) in [4.78, 5) is 12.0. The van der Waals surface area contributed by atoms with Gasteiger partial charge in [-0.15, -0.1) is 0 Å². The number of benzene rings is 2. The van der Waals surface area contributed by atoms with E-state index in [4.69, 9.17) is 9.47 Å². The van der Waals surface area contributed by atoms with Gasteiger partial charge in [-0.05, 0) is 43.0 Å². The summed E-state index contributed by atoms with van der Waals surface area (Å²) in [7, 11) is 3.21. The van der Waals surface area contributed by atoms with Gasteiger partial charge in [-0.25, -0.2) is 0 Å². The zero-order valence-electron chi connectivity index (χ0n) is 14.6. The average Bonchev–Trinajstić information content (AvgIpc) is 2.61. The van der Waals surface area contributed by atoms with E-state index in [1.54, 1.807) is 14.2 Å². The number of amides is 1. The molecule has 0 aliphatic rings. The Kier molecular flexibility index (Phi) is 6.67. The van der Waals surface area contributed by atoms with Crippen molar-refractivity contribution >= 4 is 5.91 Å². The van der Waals surface area contributed by atoms with Gasteiger partial charge in [0.15, 0.2) is 11.5 Å². The van der Waals surface area contributed by atoms with Crippen LogP contribution in [0.4, 0.5) is 0 Å². The van der Waals surface area contributed by atoms with E-state index < -0.39 is 0 Å². The van der Waals surface area contributed by atoms with Crippen molar-refractivity contribution in [1.82, 2.24) is 5.32 Å². The van der Waals surface area contributed by atoms with Gasteiger partial charge in [0.1, 0.15) is 0 Å². The summed E-state index contributed by atoms with van der Waals surface area (Å²) < 4.78 is 10.5. The second kappa shape index (κ2) is 8.96. The number of carbonyl (C=O) groups excluding carboxylic acids is 1. The molecule has 0 bridgehead atoms. The van der Waals surface area contributed by atoms with Gasteiger partial charge >= 0.3 is 0 Å². The molecule has 2 aromatic carbocycles. The summed E-state index contributed by atoms with van der Waals surface area (Å²) >= 11 is 0. The van der Waals surface area contributed by atoms with E-state index in [0.717, 1.165) is 18.4 Å². The van der Waals surface area contributed by atoms with E-state index in [-0.39, 0.29) is 5.91 Å². The first kappa shape index (κ1) is 17.9. The Labute approximate surface area is 143 Å². The van der Waals surface area contributed by atoms with Crippen molar-refractivity contribution in [2.24, 2.45) is 0 Å². The largest absolute Gasteiger partial charge is 0.493 e. The fourth-order valence-corrected chi connectivity index (χ4v) is 2.49. The highest BCUT2D eigenvalue weighted by atomic mass is 16.5. The Morgan fingerprint density at radius 1 is 0.958 bits per heavy atom. The monoisotopic (exact) mass is 327 g/mol. The number of carbonyl (C=O) groups is 1. The Morgan fingerprint density at radius 3 is 2.29 bits per heavy atom. The predicted octanol–water partition coefficient (Wildman–Crippen LogP) is 3.65. The summed E-state index contributed by atoms with van der Waals surface area (Å²) in [5.41, 5.74) is 3.51. The van der Waals surface area contributed by atoms with Crippen LogP contribution in [0.5, 0.6) is 11.5 Å². The standard InChI is InChI=1S/C20H25NO3/c1-15-7-9-16(10-8-15)5-4-6-20(22)21-14-17-11-12-18(23-2)19(13-17)24-3/h7-13H,4-6,14H2,1-3H3,(H,21,22). The molecular formula is C20H25NO3. The zero-order valence-corrected chi connectivity index (χ0v) is 14.6. The van der Waals surface area contributed by atoms with Crippen LogP contribution in [0.2, 0.25) is 0 Å². The Morgan fingerprint density at radius 2 is 1.62 bits per heavy atom. The molecule has 0 spiro atoms. The van der Waals surface area contributed by atoms with Crippen molar-refractivity contribution in [2.45, 2.75) is 32.7 Å². The molecule has 0 unspecified atom stereocenters. The molecule has 128 valence electrons. The lowest BCUT2D eigenvalue weighted by Gasteiger charge is -2.10. The fourth-order valence-electron chi connectivity index (χ4n) is 2.49. The second-order valence-electron chi connectivity index (χ2n) is 5.81. The molecule has 2 rings (SSSR count). The summed E-state index contributed by atoms with van der Waals surface area (Å²) in [5, 5.41) is 2.95. The highest BCUT2D eigenvalue weighted by Gasteiger charge is 2.06. The number of methoxy groups -OCH3 is 2. The number of nitrogens with one attached hydrogen (secondary N) is 1. The van der Waals surface area contributed by atoms with Gasteiger partial charge < -0.3 is 14.8 Å². The Hall–Kier alpha value is -2.49. The first-order chi connectivity index (χ1) is 11.6. The van der Waals surface area contributed by atoms with E-state index in [0.29, 0.717) is 24.5 Å². The van der Waals surface area contributed by atoms with Crippen LogP contribution in [-0.4, -0.2) is 20.1 Å². The van der Waals surface area contributed by atoms with E-state index in [1.807, 2.05) is 18.2 Å². The molecule has 0 aromatic heterocycles. The van der Waals surface area contributed by atoms with Crippen molar-refractivity contribution in [1.29, 1.82) is 0 Å². The minimum absolute atomic E-state index is 0.0666. The lowest BCUT2D eigenvalue weighted by Crippen LogP contribution is -2.22. The number of hydrogen-bond acceptors (Lipinski definition) is 3. The third-order valence-electron chi connectivity index (χ3n) is 3.93. The Bertz CT molecular complexity index is 665. The van der Waals surface area contributed by atoms with Crippen LogP contribution in [0.3, 0.4) is 0 Å². The zero-order chi connectivity index (χ0) is 17.4. The van der Waals surface area contributed by atoms with Crippen LogP contribution in [0.15, 0.2) is 42.5 Å². The molecule has 0 heterocycles. The van der Waals surface area contributed by atoms with Crippen LogP contribution >= 0.6 is 0 Å². The maximum Gasteiger partial charge on any atom is 0.220 e. The second-order valence-corrected chi connectivity index (χ2v) is 5.81. The van der Waals surface area contributed by atoms with Gasteiger partial charge in [0.05, 0.1) is 14.2 Å². The maximum atomic E-state index is 12.0. The van der Waals surface area contributed by atoms with E-state index >= 15 is 0 Å². The van der Waals surface area contributed by atoms with Crippen molar-refractivity contribution in [3.05, 3.63) is 59.2 Å². The first-order valence-corrected chi connectivity index (χ1v) is 8.15. The lowest BCUT2D eigenvalue weighted by molar-refractivity contribution is -0.121. The molecule has 4 heteroatoms. The molecule has 1 N–H and O–H groups in total. The third-order valence-corrected chi connectivity index (χ3v) is 3.93.